The van der Waals surface area contributed by atoms with Crippen molar-refractivity contribution in [1.82, 2.24) is 5.43 Å². The van der Waals surface area contributed by atoms with Crippen LogP contribution in [0.2, 0.25) is 0 Å². The first kappa shape index (κ1) is 12.2. The predicted molar refractivity (Wildman–Crippen MR) is 40.8 cm³/mol. The van der Waals surface area contributed by atoms with Gasteiger partial charge in [-0.3, -0.25) is 5.43 Å². The highest BCUT2D eigenvalue weighted by molar-refractivity contribution is 5.85. The largest absolute Gasteiger partial charge is 0.443 e. The van der Waals surface area contributed by atoms with E-state index in [0.717, 1.165) is 0 Å². The van der Waals surface area contributed by atoms with Gasteiger partial charge in [-0.1, -0.05) is 0 Å². The monoisotopic (exact) mass is 168 g/mol. The Morgan fingerprint density at radius 1 is 1.50 bits per heavy atom. The van der Waals surface area contributed by atoms with Crippen LogP contribution in [0.3, 0.4) is 0 Å². The zero-order chi connectivity index (χ0) is 7.49. The molecule has 10 heavy (non-hydrogen) atoms. The number of carbonyl (C=O) groups excluding carboxylic acids is 1. The van der Waals surface area contributed by atoms with Gasteiger partial charge in [0.15, 0.2) is 0 Å². The third-order valence-electron chi connectivity index (χ3n) is 0.517. The van der Waals surface area contributed by atoms with Gasteiger partial charge in [0, 0.05) is 0 Å². The molecule has 1 amide bonds. The van der Waals surface area contributed by atoms with E-state index in [4.69, 9.17) is 10.6 Å². The van der Waals surface area contributed by atoms with Gasteiger partial charge in [-0.15, -0.1) is 12.4 Å². The number of ether oxygens (including phenoxy) is 1. The van der Waals surface area contributed by atoms with E-state index in [1.165, 1.54) is 0 Å². The Morgan fingerprint density at radius 2 is 1.90 bits per heavy atom. The Hall–Kier alpha value is -0.480. The molecule has 0 rings (SSSR count). The SMILES string of the molecule is CC(C)(C)OC(=O)NN.Cl. The minimum Gasteiger partial charge on any atom is -0.443 e. The number of rotatable bonds is 0. The fourth-order valence-electron chi connectivity index (χ4n) is 0.308. The molecule has 4 nitrogen and oxygen atoms in total. The van der Waals surface area contributed by atoms with Crippen LogP contribution in [0.25, 0.3) is 0 Å². The molecular formula is C5H13ClN2O2. The standard InChI is InChI=1S/C5H12N2O2.ClH/c1-5(2,3)9-4(8)7-6;/h6H2,1-3H3,(H,7,8);1H. The van der Waals surface area contributed by atoms with Crippen LogP contribution in [-0.2, 0) is 4.74 Å². The summed E-state index contributed by atoms with van der Waals surface area (Å²) >= 11 is 0. The second-order valence-electron chi connectivity index (χ2n) is 2.65. The second-order valence-corrected chi connectivity index (χ2v) is 2.65. The van der Waals surface area contributed by atoms with E-state index < -0.39 is 11.7 Å². The molecule has 0 bridgehead atoms. The fourth-order valence-corrected chi connectivity index (χ4v) is 0.308. The van der Waals surface area contributed by atoms with E-state index in [9.17, 15) is 4.79 Å². The smallest absolute Gasteiger partial charge is 0.421 e. The van der Waals surface area contributed by atoms with E-state index >= 15 is 0 Å². The molecule has 0 aliphatic heterocycles. The van der Waals surface area contributed by atoms with Crippen molar-refractivity contribution in [3.05, 3.63) is 0 Å². The van der Waals surface area contributed by atoms with Crippen molar-refractivity contribution in [2.75, 3.05) is 0 Å². The van der Waals surface area contributed by atoms with Crippen LogP contribution in [-0.4, -0.2) is 11.7 Å². The highest BCUT2D eigenvalue weighted by atomic mass is 35.5. The zero-order valence-corrected chi connectivity index (χ0v) is 7.12. The number of amides is 1. The molecule has 0 aliphatic rings. The summed E-state index contributed by atoms with van der Waals surface area (Å²) in [5.74, 6) is 4.75. The third kappa shape index (κ3) is 7.52. The van der Waals surface area contributed by atoms with E-state index in [0.29, 0.717) is 0 Å². The number of nitrogens with two attached hydrogens (primary N) is 1. The summed E-state index contributed by atoms with van der Waals surface area (Å²) in [6.45, 7) is 5.30. The third-order valence-corrected chi connectivity index (χ3v) is 0.517. The van der Waals surface area contributed by atoms with Gasteiger partial charge in [0.25, 0.3) is 0 Å². The summed E-state index contributed by atoms with van der Waals surface area (Å²) in [6, 6.07) is 0. The minimum absolute atomic E-state index is 0. The minimum atomic E-state index is -0.609. The molecule has 0 saturated heterocycles. The number of hydrogen-bond acceptors (Lipinski definition) is 3. The highest BCUT2D eigenvalue weighted by Crippen LogP contribution is 2.05. The topological polar surface area (TPSA) is 64.3 Å². The number of halogens is 1. The van der Waals surface area contributed by atoms with Gasteiger partial charge in [0.05, 0.1) is 0 Å². The summed E-state index contributed by atoms with van der Waals surface area (Å²) in [5.41, 5.74) is 1.39. The molecule has 3 N–H and O–H groups in total. The summed E-state index contributed by atoms with van der Waals surface area (Å²) in [5, 5.41) is 0. The molecular weight excluding hydrogens is 156 g/mol. The van der Waals surface area contributed by atoms with Crippen molar-refractivity contribution in [2.24, 2.45) is 5.84 Å². The molecule has 0 aromatic rings. The summed E-state index contributed by atoms with van der Waals surface area (Å²) in [7, 11) is 0. The van der Waals surface area contributed by atoms with Gasteiger partial charge in [-0.05, 0) is 20.8 Å². The zero-order valence-electron chi connectivity index (χ0n) is 6.30. The highest BCUT2D eigenvalue weighted by Gasteiger charge is 2.14. The van der Waals surface area contributed by atoms with E-state index in [1.807, 2.05) is 5.43 Å². The van der Waals surface area contributed by atoms with Crippen LogP contribution >= 0.6 is 12.4 Å². The second kappa shape index (κ2) is 4.35. The Kier molecular flexibility index (Phi) is 5.32. The van der Waals surface area contributed by atoms with Gasteiger partial charge in [-0.2, -0.15) is 0 Å². The Bertz CT molecular complexity index is 111. The average Bonchev–Trinajstić information content (AvgIpc) is 1.62. The predicted octanol–water partition coefficient (Wildman–Crippen LogP) is 0.807. The maximum Gasteiger partial charge on any atom is 0.421 e. The lowest BCUT2D eigenvalue weighted by Crippen LogP contribution is -2.36. The molecule has 0 saturated carbocycles. The first-order chi connectivity index (χ1) is 3.95. The van der Waals surface area contributed by atoms with Crippen molar-refractivity contribution >= 4 is 18.5 Å². The summed E-state index contributed by atoms with van der Waals surface area (Å²) in [4.78, 5) is 10.4. The fraction of sp³-hybridized carbons (Fsp3) is 0.800. The molecule has 5 heteroatoms. The van der Waals surface area contributed by atoms with Crippen LogP contribution in [0.4, 0.5) is 4.79 Å². The number of carbonyl (C=O) groups is 1. The normalized spacial score (nSPS) is 9.60. The van der Waals surface area contributed by atoms with E-state index in [1.54, 1.807) is 20.8 Å². The molecule has 0 radical (unpaired) electrons. The summed E-state index contributed by atoms with van der Waals surface area (Å²) in [6.07, 6.45) is -0.609. The maximum absolute atomic E-state index is 10.4. The first-order valence-electron chi connectivity index (χ1n) is 2.65. The van der Waals surface area contributed by atoms with Crippen molar-refractivity contribution in [3.8, 4) is 0 Å². The average molecular weight is 169 g/mol. The molecule has 0 fully saturated rings. The van der Waals surface area contributed by atoms with E-state index in [-0.39, 0.29) is 12.4 Å². The lowest BCUT2D eigenvalue weighted by Gasteiger charge is -2.18. The van der Waals surface area contributed by atoms with Crippen LogP contribution < -0.4 is 11.3 Å². The molecule has 0 atom stereocenters. The van der Waals surface area contributed by atoms with Gasteiger partial charge in [0.1, 0.15) is 5.60 Å². The Balaban J connectivity index is 0. The van der Waals surface area contributed by atoms with Crippen LogP contribution in [0.1, 0.15) is 20.8 Å². The van der Waals surface area contributed by atoms with Crippen LogP contribution in [0, 0.1) is 0 Å². The maximum atomic E-state index is 10.4. The molecule has 0 aromatic heterocycles. The van der Waals surface area contributed by atoms with Crippen molar-refractivity contribution in [2.45, 2.75) is 26.4 Å². The van der Waals surface area contributed by atoms with E-state index in [2.05, 4.69) is 0 Å². The molecule has 0 unspecified atom stereocenters. The van der Waals surface area contributed by atoms with Gasteiger partial charge in [-0.25, -0.2) is 10.6 Å². The van der Waals surface area contributed by atoms with Crippen molar-refractivity contribution in [1.29, 1.82) is 0 Å². The molecule has 0 aromatic carbocycles. The van der Waals surface area contributed by atoms with Crippen molar-refractivity contribution in [3.63, 3.8) is 0 Å². The number of hydrogen-bond donors (Lipinski definition) is 2. The Morgan fingerprint density at radius 3 is 2.00 bits per heavy atom. The van der Waals surface area contributed by atoms with Crippen molar-refractivity contribution < 1.29 is 9.53 Å². The molecule has 0 heterocycles. The first-order valence-corrected chi connectivity index (χ1v) is 2.65. The molecule has 0 spiro atoms. The molecule has 62 valence electrons. The lowest BCUT2D eigenvalue weighted by molar-refractivity contribution is 0.0527. The van der Waals surface area contributed by atoms with Crippen LogP contribution in [0.5, 0.6) is 0 Å². The van der Waals surface area contributed by atoms with Gasteiger partial charge < -0.3 is 4.74 Å². The van der Waals surface area contributed by atoms with Gasteiger partial charge >= 0.3 is 6.09 Å². The quantitative estimate of drug-likeness (QED) is 0.320. The number of hydrazine groups is 1. The summed E-state index contributed by atoms with van der Waals surface area (Å²) < 4.78 is 4.71. The lowest BCUT2D eigenvalue weighted by atomic mass is 10.2. The number of nitrogens with one attached hydrogen (secondary N) is 1. The Labute approximate surface area is 66.5 Å². The molecule has 0 aliphatic carbocycles. The van der Waals surface area contributed by atoms with Gasteiger partial charge in [0.2, 0.25) is 0 Å². The van der Waals surface area contributed by atoms with Crippen LogP contribution in [0.15, 0.2) is 0 Å².